The number of aromatic amines is 1. The van der Waals surface area contributed by atoms with Crippen molar-refractivity contribution in [3.8, 4) is 0 Å². The molecule has 1 aromatic rings. The molecule has 6 nitrogen and oxygen atoms in total. The molecule has 2 atom stereocenters. The molecule has 0 spiro atoms. The maximum Gasteiger partial charge on any atom is 0.308 e. The Balaban J connectivity index is 2.16. The fraction of sp³-hybridized carbons (Fsp3) is 0.615. The average molecular weight is 265 g/mol. The van der Waals surface area contributed by atoms with Crippen LogP contribution in [0.2, 0.25) is 0 Å². The van der Waals surface area contributed by atoms with E-state index in [0.717, 1.165) is 19.3 Å². The molecule has 1 fully saturated rings. The summed E-state index contributed by atoms with van der Waals surface area (Å²) in [4.78, 5) is 29.6. The molecule has 1 aliphatic rings. The van der Waals surface area contributed by atoms with Gasteiger partial charge in [-0.05, 0) is 12.8 Å². The predicted octanol–water partition coefficient (Wildman–Crippen LogP) is 1.39. The largest absolute Gasteiger partial charge is 0.481 e. The molecule has 0 saturated heterocycles. The maximum atomic E-state index is 11.5. The number of aryl methyl sites for hydroxylation is 1. The van der Waals surface area contributed by atoms with E-state index >= 15 is 0 Å². The van der Waals surface area contributed by atoms with E-state index in [1.807, 2.05) is 6.92 Å². The quantitative estimate of drug-likeness (QED) is 0.764. The third kappa shape index (κ3) is 3.33. The second-order valence-corrected chi connectivity index (χ2v) is 4.91. The number of nitrogens with one attached hydrogen (secondary N) is 2. The van der Waals surface area contributed by atoms with Crippen molar-refractivity contribution in [1.82, 2.24) is 9.97 Å². The molecule has 3 N–H and O–H groups in total. The SMILES string of the molecule is CCc1nc(NC2CCCCC2C(=O)O)cc(=O)[nH]1. The van der Waals surface area contributed by atoms with Gasteiger partial charge in [0.05, 0.1) is 5.92 Å². The summed E-state index contributed by atoms with van der Waals surface area (Å²) in [5, 5.41) is 12.3. The van der Waals surface area contributed by atoms with Crippen molar-refractivity contribution >= 4 is 11.8 Å². The number of carbonyl (C=O) groups is 1. The highest BCUT2D eigenvalue weighted by atomic mass is 16.4. The smallest absolute Gasteiger partial charge is 0.308 e. The van der Waals surface area contributed by atoms with Crippen molar-refractivity contribution in [3.05, 3.63) is 22.2 Å². The summed E-state index contributed by atoms with van der Waals surface area (Å²) in [6.45, 7) is 1.91. The van der Waals surface area contributed by atoms with Gasteiger partial charge in [0.15, 0.2) is 0 Å². The van der Waals surface area contributed by atoms with E-state index in [9.17, 15) is 14.7 Å². The van der Waals surface area contributed by atoms with Gasteiger partial charge in [-0.25, -0.2) is 4.98 Å². The summed E-state index contributed by atoms with van der Waals surface area (Å²) in [5.74, 6) is -0.103. The number of aromatic nitrogens is 2. The molecule has 19 heavy (non-hydrogen) atoms. The van der Waals surface area contributed by atoms with Gasteiger partial charge in [-0.15, -0.1) is 0 Å². The molecular weight excluding hydrogens is 246 g/mol. The Hall–Kier alpha value is -1.85. The lowest BCUT2D eigenvalue weighted by Crippen LogP contribution is -2.37. The van der Waals surface area contributed by atoms with Gasteiger partial charge in [-0.3, -0.25) is 9.59 Å². The molecule has 1 aromatic heterocycles. The van der Waals surface area contributed by atoms with E-state index < -0.39 is 11.9 Å². The molecule has 0 aromatic carbocycles. The highest BCUT2D eigenvalue weighted by Crippen LogP contribution is 2.26. The second-order valence-electron chi connectivity index (χ2n) is 4.91. The van der Waals surface area contributed by atoms with Gasteiger partial charge in [0.2, 0.25) is 0 Å². The topological polar surface area (TPSA) is 95.1 Å². The zero-order valence-electron chi connectivity index (χ0n) is 11.0. The van der Waals surface area contributed by atoms with Gasteiger partial charge in [0, 0.05) is 18.5 Å². The first-order chi connectivity index (χ1) is 9.10. The fourth-order valence-corrected chi connectivity index (χ4v) is 2.54. The summed E-state index contributed by atoms with van der Waals surface area (Å²) in [6, 6.07) is 1.23. The minimum Gasteiger partial charge on any atom is -0.481 e. The molecule has 0 radical (unpaired) electrons. The van der Waals surface area contributed by atoms with Crippen LogP contribution in [0.1, 0.15) is 38.4 Å². The molecule has 2 rings (SSSR count). The molecule has 1 aliphatic carbocycles. The molecular formula is C13H19N3O3. The number of nitrogens with zero attached hydrogens (tertiary/aromatic N) is 1. The summed E-state index contributed by atoms with van der Waals surface area (Å²) >= 11 is 0. The van der Waals surface area contributed by atoms with Crippen molar-refractivity contribution in [2.75, 3.05) is 5.32 Å². The van der Waals surface area contributed by atoms with Gasteiger partial charge < -0.3 is 15.4 Å². The fourth-order valence-electron chi connectivity index (χ4n) is 2.54. The number of carboxylic acids is 1. The minimum absolute atomic E-state index is 0.148. The third-order valence-corrected chi connectivity index (χ3v) is 3.54. The van der Waals surface area contributed by atoms with E-state index in [1.54, 1.807) is 0 Å². The zero-order chi connectivity index (χ0) is 13.8. The standard InChI is InChI=1S/C13H19N3O3/c1-2-10-15-11(7-12(17)16-10)14-9-6-4-3-5-8(9)13(18)19/h7-9H,2-6H2,1H3,(H,18,19)(H2,14,15,16,17). The molecule has 6 heteroatoms. The van der Waals surface area contributed by atoms with E-state index in [4.69, 9.17) is 0 Å². The summed E-state index contributed by atoms with van der Waals surface area (Å²) in [7, 11) is 0. The highest BCUT2D eigenvalue weighted by Gasteiger charge is 2.30. The predicted molar refractivity (Wildman–Crippen MR) is 71.2 cm³/mol. The number of aliphatic carboxylic acids is 1. The Morgan fingerprint density at radius 3 is 2.95 bits per heavy atom. The first kappa shape index (κ1) is 13.6. The van der Waals surface area contributed by atoms with E-state index in [2.05, 4.69) is 15.3 Å². The first-order valence-corrected chi connectivity index (χ1v) is 6.69. The van der Waals surface area contributed by atoms with Crippen molar-refractivity contribution in [1.29, 1.82) is 0 Å². The number of rotatable bonds is 4. The van der Waals surface area contributed by atoms with Crippen LogP contribution in [0.3, 0.4) is 0 Å². The zero-order valence-corrected chi connectivity index (χ0v) is 11.0. The van der Waals surface area contributed by atoms with Crippen LogP contribution in [0.15, 0.2) is 10.9 Å². The van der Waals surface area contributed by atoms with Gasteiger partial charge in [-0.1, -0.05) is 19.8 Å². The van der Waals surface area contributed by atoms with E-state index in [-0.39, 0.29) is 11.6 Å². The number of H-pyrrole nitrogens is 1. The normalized spacial score (nSPS) is 23.0. The molecule has 104 valence electrons. The first-order valence-electron chi connectivity index (χ1n) is 6.69. The van der Waals surface area contributed by atoms with Crippen molar-refractivity contribution in [2.24, 2.45) is 5.92 Å². The maximum absolute atomic E-state index is 11.5. The number of anilines is 1. The number of hydrogen-bond donors (Lipinski definition) is 3. The van der Waals surface area contributed by atoms with Crippen LogP contribution in [0.25, 0.3) is 0 Å². The van der Waals surface area contributed by atoms with Crippen LogP contribution >= 0.6 is 0 Å². The molecule has 1 saturated carbocycles. The lowest BCUT2D eigenvalue weighted by molar-refractivity contribution is -0.143. The van der Waals surface area contributed by atoms with Crippen LogP contribution in [-0.2, 0) is 11.2 Å². The van der Waals surface area contributed by atoms with Crippen molar-refractivity contribution < 1.29 is 9.90 Å². The minimum atomic E-state index is -0.780. The molecule has 0 aliphatic heterocycles. The highest BCUT2D eigenvalue weighted by molar-refractivity contribution is 5.71. The van der Waals surface area contributed by atoms with Crippen molar-refractivity contribution in [2.45, 2.75) is 45.1 Å². The summed E-state index contributed by atoms with van der Waals surface area (Å²) in [5.41, 5.74) is -0.211. The lowest BCUT2D eigenvalue weighted by atomic mass is 9.84. The number of hydrogen-bond acceptors (Lipinski definition) is 4. The third-order valence-electron chi connectivity index (χ3n) is 3.54. The van der Waals surface area contributed by atoms with Gasteiger partial charge in [-0.2, -0.15) is 0 Å². The Kier molecular flexibility index (Phi) is 4.19. The van der Waals surface area contributed by atoms with Crippen molar-refractivity contribution in [3.63, 3.8) is 0 Å². The average Bonchev–Trinajstić information content (AvgIpc) is 2.38. The van der Waals surface area contributed by atoms with Crippen LogP contribution in [0.5, 0.6) is 0 Å². The van der Waals surface area contributed by atoms with Crippen LogP contribution < -0.4 is 10.9 Å². The van der Waals surface area contributed by atoms with Crippen LogP contribution in [0.4, 0.5) is 5.82 Å². The van der Waals surface area contributed by atoms with Gasteiger partial charge in [0.1, 0.15) is 11.6 Å². The molecule has 0 amide bonds. The monoisotopic (exact) mass is 265 g/mol. The lowest BCUT2D eigenvalue weighted by Gasteiger charge is -2.29. The Labute approximate surface area is 111 Å². The molecule has 1 heterocycles. The summed E-state index contributed by atoms with van der Waals surface area (Å²) in [6.07, 6.45) is 4.06. The van der Waals surface area contributed by atoms with Crippen LogP contribution in [-0.4, -0.2) is 27.1 Å². The van der Waals surface area contributed by atoms with E-state index in [1.165, 1.54) is 6.07 Å². The van der Waals surface area contributed by atoms with E-state index in [0.29, 0.717) is 24.5 Å². The Bertz CT molecular complexity index is 512. The van der Waals surface area contributed by atoms with Crippen LogP contribution in [0, 0.1) is 5.92 Å². The Morgan fingerprint density at radius 2 is 2.26 bits per heavy atom. The molecule has 0 bridgehead atoms. The Morgan fingerprint density at radius 1 is 1.53 bits per heavy atom. The number of carboxylic acid groups (broad SMARTS) is 1. The van der Waals surface area contributed by atoms with Gasteiger partial charge in [0.25, 0.3) is 5.56 Å². The molecule has 2 unspecified atom stereocenters. The van der Waals surface area contributed by atoms with Gasteiger partial charge >= 0.3 is 5.97 Å². The summed E-state index contributed by atoms with van der Waals surface area (Å²) < 4.78 is 0. The second kappa shape index (κ2) is 5.86.